The van der Waals surface area contributed by atoms with E-state index in [9.17, 15) is 14.4 Å². The number of fused-ring (bicyclic) bond motifs is 1. The summed E-state index contributed by atoms with van der Waals surface area (Å²) in [6.45, 7) is 3.20. The van der Waals surface area contributed by atoms with Crippen molar-refractivity contribution in [3.8, 4) is 0 Å². The third-order valence-corrected chi connectivity index (χ3v) is 6.25. The molecule has 0 aromatic heterocycles. The Bertz CT molecular complexity index is 1020. The minimum atomic E-state index is -1.17. The Kier molecular flexibility index (Phi) is 5.28. The van der Waals surface area contributed by atoms with Crippen LogP contribution in [0.2, 0.25) is 5.02 Å². The van der Waals surface area contributed by atoms with Crippen molar-refractivity contribution < 1.29 is 14.4 Å². The van der Waals surface area contributed by atoms with Crippen LogP contribution in [0, 0.1) is 0 Å². The molecule has 0 bridgehead atoms. The summed E-state index contributed by atoms with van der Waals surface area (Å²) in [4.78, 5) is 39.2. The van der Waals surface area contributed by atoms with Gasteiger partial charge in [-0.3, -0.25) is 14.5 Å². The average Bonchev–Trinajstić information content (AvgIpc) is 3.27. The van der Waals surface area contributed by atoms with Gasteiger partial charge in [0.05, 0.1) is 6.04 Å². The number of hydrogen-bond donors (Lipinski definition) is 2. The van der Waals surface area contributed by atoms with E-state index >= 15 is 0 Å². The fraction of sp³-hybridized carbons (Fsp3) is 0.348. The summed E-state index contributed by atoms with van der Waals surface area (Å²) in [7, 11) is 0. The molecule has 0 saturated carbocycles. The molecule has 1 aliphatic carbocycles. The van der Waals surface area contributed by atoms with Crippen LogP contribution in [0.15, 0.2) is 42.5 Å². The summed E-state index contributed by atoms with van der Waals surface area (Å²) in [6, 6.07) is 12.2. The van der Waals surface area contributed by atoms with Crippen molar-refractivity contribution in [2.75, 3.05) is 6.54 Å². The Balaban J connectivity index is 1.46. The topological polar surface area (TPSA) is 78.5 Å². The number of urea groups is 1. The highest BCUT2D eigenvalue weighted by Gasteiger charge is 2.49. The number of imide groups is 1. The molecule has 156 valence electrons. The van der Waals surface area contributed by atoms with E-state index in [4.69, 9.17) is 11.6 Å². The van der Waals surface area contributed by atoms with Gasteiger partial charge >= 0.3 is 6.03 Å². The SMILES string of the molecule is CC(NC(=O)CN1C(=O)NC(C)(c2ccc3c(c2)CCC3)C1=O)c1ccc(Cl)cc1. The maximum Gasteiger partial charge on any atom is 0.325 e. The van der Waals surface area contributed by atoms with Crippen molar-refractivity contribution in [2.24, 2.45) is 0 Å². The lowest BCUT2D eigenvalue weighted by atomic mass is 9.89. The molecule has 2 atom stereocenters. The number of aryl methyl sites for hydroxylation is 2. The molecule has 2 N–H and O–H groups in total. The Morgan fingerprint density at radius 3 is 2.60 bits per heavy atom. The molecule has 4 amide bonds. The van der Waals surface area contributed by atoms with E-state index in [1.54, 1.807) is 19.1 Å². The molecule has 0 radical (unpaired) electrons. The maximum atomic E-state index is 13.1. The molecule has 1 fully saturated rings. The number of amides is 4. The van der Waals surface area contributed by atoms with Crippen LogP contribution in [-0.4, -0.2) is 29.3 Å². The van der Waals surface area contributed by atoms with Crippen LogP contribution in [0.1, 0.15) is 48.6 Å². The molecule has 7 heteroatoms. The summed E-state index contributed by atoms with van der Waals surface area (Å²) < 4.78 is 0. The number of nitrogens with one attached hydrogen (secondary N) is 2. The Labute approximate surface area is 180 Å². The minimum Gasteiger partial charge on any atom is -0.348 e. The molecule has 1 aliphatic heterocycles. The van der Waals surface area contributed by atoms with Crippen molar-refractivity contribution in [3.05, 3.63) is 69.7 Å². The monoisotopic (exact) mass is 425 g/mol. The van der Waals surface area contributed by atoms with E-state index in [0.717, 1.165) is 35.3 Å². The molecule has 2 unspecified atom stereocenters. The smallest absolute Gasteiger partial charge is 0.325 e. The van der Waals surface area contributed by atoms with E-state index in [-0.39, 0.29) is 12.6 Å². The third-order valence-electron chi connectivity index (χ3n) is 6.00. The van der Waals surface area contributed by atoms with Gasteiger partial charge in [0.2, 0.25) is 5.91 Å². The third kappa shape index (κ3) is 3.67. The van der Waals surface area contributed by atoms with Crippen LogP contribution in [0.3, 0.4) is 0 Å². The summed E-state index contributed by atoms with van der Waals surface area (Å²) in [5.41, 5.74) is 2.98. The lowest BCUT2D eigenvalue weighted by Crippen LogP contribution is -2.43. The Morgan fingerprint density at radius 1 is 1.17 bits per heavy atom. The zero-order chi connectivity index (χ0) is 21.5. The standard InChI is InChI=1S/C23H24ClN3O3/c1-14(15-7-10-19(24)11-8-15)25-20(28)13-27-21(29)23(2,26-22(27)30)18-9-6-16-4-3-5-17(16)12-18/h6-12,14H,3-5,13H2,1-2H3,(H,25,28)(H,26,30). The first-order valence-electron chi connectivity index (χ1n) is 10.1. The first-order valence-corrected chi connectivity index (χ1v) is 10.5. The maximum absolute atomic E-state index is 13.1. The van der Waals surface area contributed by atoms with Crippen LogP contribution >= 0.6 is 11.6 Å². The van der Waals surface area contributed by atoms with Gasteiger partial charge in [-0.05, 0) is 67.5 Å². The van der Waals surface area contributed by atoms with Crippen LogP contribution in [-0.2, 0) is 28.0 Å². The lowest BCUT2D eigenvalue weighted by molar-refractivity contribution is -0.135. The highest BCUT2D eigenvalue weighted by molar-refractivity contribution is 6.30. The first kappa shape index (κ1) is 20.4. The Morgan fingerprint density at radius 2 is 1.87 bits per heavy atom. The van der Waals surface area contributed by atoms with Crippen molar-refractivity contribution in [2.45, 2.75) is 44.7 Å². The van der Waals surface area contributed by atoms with E-state index in [2.05, 4.69) is 10.6 Å². The molecule has 1 saturated heterocycles. The molecule has 4 rings (SSSR count). The van der Waals surface area contributed by atoms with Gasteiger partial charge in [-0.1, -0.05) is 41.9 Å². The predicted molar refractivity (Wildman–Crippen MR) is 114 cm³/mol. The van der Waals surface area contributed by atoms with Crippen LogP contribution in [0.4, 0.5) is 4.79 Å². The summed E-state index contributed by atoms with van der Waals surface area (Å²) in [5.74, 6) is -0.820. The van der Waals surface area contributed by atoms with Crippen molar-refractivity contribution in [1.29, 1.82) is 0 Å². The van der Waals surface area contributed by atoms with E-state index in [0.29, 0.717) is 5.02 Å². The quantitative estimate of drug-likeness (QED) is 0.720. The average molecular weight is 426 g/mol. The molecular weight excluding hydrogens is 402 g/mol. The second kappa shape index (κ2) is 7.76. The lowest BCUT2D eigenvalue weighted by Gasteiger charge is -2.23. The molecular formula is C23H24ClN3O3. The van der Waals surface area contributed by atoms with Gasteiger partial charge in [-0.15, -0.1) is 0 Å². The molecule has 0 spiro atoms. The number of rotatable bonds is 5. The number of carbonyl (C=O) groups is 3. The molecule has 2 aromatic rings. The first-order chi connectivity index (χ1) is 14.3. The van der Waals surface area contributed by atoms with Gasteiger partial charge < -0.3 is 10.6 Å². The summed E-state index contributed by atoms with van der Waals surface area (Å²) in [5, 5.41) is 6.22. The largest absolute Gasteiger partial charge is 0.348 e. The number of hydrogen-bond acceptors (Lipinski definition) is 3. The molecule has 6 nitrogen and oxygen atoms in total. The van der Waals surface area contributed by atoms with E-state index < -0.39 is 23.4 Å². The van der Waals surface area contributed by atoms with Crippen molar-refractivity contribution in [3.63, 3.8) is 0 Å². The normalized spacial score (nSPS) is 21.4. The predicted octanol–water partition coefficient (Wildman–Crippen LogP) is 3.47. The van der Waals surface area contributed by atoms with Crippen LogP contribution < -0.4 is 10.6 Å². The molecule has 2 aliphatic rings. The van der Waals surface area contributed by atoms with E-state index in [1.165, 1.54) is 11.1 Å². The van der Waals surface area contributed by atoms with Gasteiger partial charge in [0.25, 0.3) is 5.91 Å². The van der Waals surface area contributed by atoms with Crippen molar-refractivity contribution >= 4 is 29.4 Å². The number of halogens is 1. The number of benzene rings is 2. The van der Waals surface area contributed by atoms with Crippen LogP contribution in [0.25, 0.3) is 0 Å². The fourth-order valence-electron chi connectivity index (χ4n) is 4.18. The van der Waals surface area contributed by atoms with E-state index in [1.807, 2.05) is 37.3 Å². The zero-order valence-electron chi connectivity index (χ0n) is 17.0. The van der Waals surface area contributed by atoms with Gasteiger partial charge in [0.15, 0.2) is 0 Å². The molecule has 30 heavy (non-hydrogen) atoms. The zero-order valence-corrected chi connectivity index (χ0v) is 17.8. The fourth-order valence-corrected chi connectivity index (χ4v) is 4.31. The minimum absolute atomic E-state index is 0.279. The highest BCUT2D eigenvalue weighted by Crippen LogP contribution is 2.32. The number of nitrogens with zero attached hydrogens (tertiary/aromatic N) is 1. The molecule has 1 heterocycles. The highest BCUT2D eigenvalue weighted by atomic mass is 35.5. The summed E-state index contributed by atoms with van der Waals surface area (Å²) in [6.07, 6.45) is 3.13. The van der Waals surface area contributed by atoms with Gasteiger partial charge in [0, 0.05) is 5.02 Å². The summed E-state index contributed by atoms with van der Waals surface area (Å²) >= 11 is 5.90. The Hall–Kier alpha value is -2.86. The number of carbonyl (C=O) groups excluding carboxylic acids is 3. The van der Waals surface area contributed by atoms with Gasteiger partial charge in [0.1, 0.15) is 12.1 Å². The second-order valence-electron chi connectivity index (χ2n) is 8.12. The van der Waals surface area contributed by atoms with Crippen molar-refractivity contribution in [1.82, 2.24) is 15.5 Å². The van der Waals surface area contributed by atoms with Gasteiger partial charge in [-0.25, -0.2) is 4.79 Å². The van der Waals surface area contributed by atoms with Crippen LogP contribution in [0.5, 0.6) is 0 Å². The second-order valence-corrected chi connectivity index (χ2v) is 8.56. The van der Waals surface area contributed by atoms with Gasteiger partial charge in [-0.2, -0.15) is 0 Å². The molecule has 2 aromatic carbocycles.